The summed E-state index contributed by atoms with van der Waals surface area (Å²) in [4.78, 5) is 0. The first-order chi connectivity index (χ1) is 7.59. The lowest BCUT2D eigenvalue weighted by Gasteiger charge is -2.06. The predicted octanol–water partition coefficient (Wildman–Crippen LogP) is 3.87. The van der Waals surface area contributed by atoms with Crippen molar-refractivity contribution in [3.05, 3.63) is 53.1 Å². The number of anilines is 1. The van der Waals surface area contributed by atoms with Crippen molar-refractivity contribution in [3.8, 4) is 11.1 Å². The highest BCUT2D eigenvalue weighted by Gasteiger charge is 2.12. The Morgan fingerprint density at radius 1 is 1.06 bits per heavy atom. The first kappa shape index (κ1) is 10.9. The van der Waals surface area contributed by atoms with Gasteiger partial charge in [0.05, 0.1) is 0 Å². The van der Waals surface area contributed by atoms with Crippen LogP contribution in [0.3, 0.4) is 0 Å². The largest absolute Gasteiger partial charge is 0.394 e. The fourth-order valence-electron chi connectivity index (χ4n) is 1.45. The number of benzene rings is 2. The molecule has 2 aromatic rings. The van der Waals surface area contributed by atoms with Crippen molar-refractivity contribution < 1.29 is 8.78 Å². The number of nitrogen functional groups attached to an aromatic ring is 1. The van der Waals surface area contributed by atoms with E-state index in [0.29, 0.717) is 10.6 Å². The number of halogens is 3. The van der Waals surface area contributed by atoms with E-state index >= 15 is 0 Å². The first-order valence-corrected chi connectivity index (χ1v) is 4.97. The van der Waals surface area contributed by atoms with Crippen molar-refractivity contribution in [3.63, 3.8) is 0 Å². The summed E-state index contributed by atoms with van der Waals surface area (Å²) in [6.45, 7) is 0. The number of nitrogens with two attached hydrogens (primary N) is 1. The van der Waals surface area contributed by atoms with Crippen LogP contribution in [-0.2, 0) is 0 Å². The number of hydrogen-bond acceptors (Lipinski definition) is 1. The average Bonchev–Trinajstić information content (AvgIpc) is 2.26. The van der Waals surface area contributed by atoms with Crippen LogP contribution in [0.5, 0.6) is 0 Å². The van der Waals surface area contributed by atoms with E-state index in [1.54, 1.807) is 24.3 Å². The van der Waals surface area contributed by atoms with Crippen molar-refractivity contribution in [1.29, 1.82) is 0 Å². The van der Waals surface area contributed by atoms with Crippen molar-refractivity contribution in [2.24, 2.45) is 0 Å². The lowest BCUT2D eigenvalue weighted by Crippen LogP contribution is -1.97. The van der Waals surface area contributed by atoms with Crippen LogP contribution in [0.2, 0.25) is 5.02 Å². The highest BCUT2D eigenvalue weighted by Crippen LogP contribution is 2.29. The zero-order valence-electron chi connectivity index (χ0n) is 8.18. The lowest BCUT2D eigenvalue weighted by molar-refractivity contribution is 0.594. The van der Waals surface area contributed by atoms with Gasteiger partial charge in [-0.2, -0.15) is 0 Å². The summed E-state index contributed by atoms with van der Waals surface area (Å²) in [5, 5.41) is 0.486. The van der Waals surface area contributed by atoms with Gasteiger partial charge in [0, 0.05) is 10.6 Å². The summed E-state index contributed by atoms with van der Waals surface area (Å²) in [6, 6.07) is 9.12. The second-order valence-corrected chi connectivity index (χ2v) is 3.77. The minimum Gasteiger partial charge on any atom is -0.394 e. The van der Waals surface area contributed by atoms with Gasteiger partial charge < -0.3 is 5.73 Å². The van der Waals surface area contributed by atoms with Crippen LogP contribution in [0.25, 0.3) is 11.1 Å². The van der Waals surface area contributed by atoms with Crippen LogP contribution in [0, 0.1) is 11.6 Å². The topological polar surface area (TPSA) is 26.0 Å². The van der Waals surface area contributed by atoms with Crippen LogP contribution in [0.15, 0.2) is 36.4 Å². The molecule has 0 unspecified atom stereocenters. The smallest absolute Gasteiger partial charge is 0.156 e. The molecule has 0 fully saturated rings. The van der Waals surface area contributed by atoms with Gasteiger partial charge in [0.2, 0.25) is 0 Å². The van der Waals surface area contributed by atoms with E-state index in [2.05, 4.69) is 0 Å². The van der Waals surface area contributed by atoms with Crippen molar-refractivity contribution in [2.75, 3.05) is 5.73 Å². The molecular formula is C12H8ClF2N. The SMILES string of the molecule is Nc1c(F)ccc(-c2cccc(Cl)c2)c1F. The molecule has 0 spiro atoms. The molecule has 1 nitrogen and oxygen atoms in total. The summed E-state index contributed by atoms with van der Waals surface area (Å²) >= 11 is 5.79. The molecule has 0 atom stereocenters. The Morgan fingerprint density at radius 3 is 2.50 bits per heavy atom. The van der Waals surface area contributed by atoms with Crippen molar-refractivity contribution in [2.45, 2.75) is 0 Å². The molecule has 0 heterocycles. The number of hydrogen-bond donors (Lipinski definition) is 1. The van der Waals surface area contributed by atoms with Crippen LogP contribution >= 0.6 is 11.6 Å². The third kappa shape index (κ3) is 1.86. The highest BCUT2D eigenvalue weighted by molar-refractivity contribution is 6.30. The Hall–Kier alpha value is -1.61. The molecule has 0 aliphatic heterocycles. The van der Waals surface area contributed by atoms with Gasteiger partial charge >= 0.3 is 0 Å². The minimum atomic E-state index is -0.762. The predicted molar refractivity (Wildman–Crippen MR) is 61.2 cm³/mol. The van der Waals surface area contributed by atoms with E-state index in [4.69, 9.17) is 17.3 Å². The minimum absolute atomic E-state index is 0.237. The maximum absolute atomic E-state index is 13.7. The second kappa shape index (κ2) is 4.10. The summed E-state index contributed by atoms with van der Waals surface area (Å²) < 4.78 is 26.6. The van der Waals surface area contributed by atoms with Gasteiger partial charge in [0.1, 0.15) is 11.5 Å². The summed E-state index contributed by atoms with van der Waals surface area (Å²) in [6.07, 6.45) is 0. The highest BCUT2D eigenvalue weighted by atomic mass is 35.5. The lowest BCUT2D eigenvalue weighted by atomic mass is 10.0. The molecule has 82 valence electrons. The van der Waals surface area contributed by atoms with Gasteiger partial charge in [-0.15, -0.1) is 0 Å². The monoisotopic (exact) mass is 239 g/mol. The van der Waals surface area contributed by atoms with Gasteiger partial charge in [-0.1, -0.05) is 23.7 Å². The maximum atomic E-state index is 13.7. The molecule has 2 aromatic carbocycles. The summed E-state index contributed by atoms with van der Waals surface area (Å²) in [7, 11) is 0. The Morgan fingerprint density at radius 2 is 1.81 bits per heavy atom. The molecule has 0 amide bonds. The third-order valence-corrected chi connectivity index (χ3v) is 2.50. The molecule has 0 saturated heterocycles. The van der Waals surface area contributed by atoms with Crippen LogP contribution in [0.1, 0.15) is 0 Å². The van der Waals surface area contributed by atoms with Crippen LogP contribution in [0.4, 0.5) is 14.5 Å². The fraction of sp³-hybridized carbons (Fsp3) is 0. The summed E-state index contributed by atoms with van der Waals surface area (Å²) in [5.74, 6) is -1.52. The molecule has 0 aliphatic carbocycles. The standard InChI is InChI=1S/C12H8ClF2N/c13-8-3-1-2-7(6-8)9-4-5-10(14)12(16)11(9)15/h1-6H,16H2. The van der Waals surface area contributed by atoms with E-state index in [1.807, 2.05) is 0 Å². The maximum Gasteiger partial charge on any atom is 0.156 e. The normalized spacial score (nSPS) is 10.4. The van der Waals surface area contributed by atoms with Gasteiger partial charge in [-0.25, -0.2) is 8.78 Å². The number of rotatable bonds is 1. The zero-order valence-corrected chi connectivity index (χ0v) is 8.93. The second-order valence-electron chi connectivity index (χ2n) is 3.33. The van der Waals surface area contributed by atoms with E-state index in [0.717, 1.165) is 6.07 Å². The van der Waals surface area contributed by atoms with Gasteiger partial charge in [0.15, 0.2) is 5.82 Å². The van der Waals surface area contributed by atoms with E-state index in [-0.39, 0.29) is 5.56 Å². The molecular weight excluding hydrogens is 232 g/mol. The van der Waals surface area contributed by atoms with Gasteiger partial charge in [-0.3, -0.25) is 0 Å². The molecule has 0 aliphatic rings. The van der Waals surface area contributed by atoms with E-state index < -0.39 is 17.3 Å². The Kier molecular flexibility index (Phi) is 2.79. The quantitative estimate of drug-likeness (QED) is 0.751. The van der Waals surface area contributed by atoms with Crippen LogP contribution in [-0.4, -0.2) is 0 Å². The average molecular weight is 240 g/mol. The molecule has 16 heavy (non-hydrogen) atoms. The molecule has 0 aromatic heterocycles. The Bertz CT molecular complexity index is 541. The molecule has 4 heteroatoms. The summed E-state index contributed by atoms with van der Waals surface area (Å²) in [5.41, 5.74) is 5.60. The van der Waals surface area contributed by atoms with Gasteiger partial charge in [-0.05, 0) is 29.8 Å². The van der Waals surface area contributed by atoms with Crippen molar-refractivity contribution >= 4 is 17.3 Å². The fourth-order valence-corrected chi connectivity index (χ4v) is 1.64. The van der Waals surface area contributed by atoms with Crippen LogP contribution < -0.4 is 5.73 Å². The molecule has 0 bridgehead atoms. The van der Waals surface area contributed by atoms with E-state index in [9.17, 15) is 8.78 Å². The molecule has 2 N–H and O–H groups in total. The first-order valence-electron chi connectivity index (χ1n) is 4.59. The molecule has 2 rings (SSSR count). The van der Waals surface area contributed by atoms with Crippen molar-refractivity contribution in [1.82, 2.24) is 0 Å². The zero-order chi connectivity index (χ0) is 11.7. The Labute approximate surface area is 96.5 Å². The van der Waals surface area contributed by atoms with E-state index in [1.165, 1.54) is 6.07 Å². The molecule has 0 radical (unpaired) electrons. The third-order valence-electron chi connectivity index (χ3n) is 2.26. The van der Waals surface area contributed by atoms with Gasteiger partial charge in [0.25, 0.3) is 0 Å². The Balaban J connectivity index is 2.61. The molecule has 0 saturated carbocycles.